The molecule has 3 heterocycles. The van der Waals surface area contributed by atoms with Gasteiger partial charge in [0, 0.05) is 17.8 Å². The fourth-order valence-corrected chi connectivity index (χ4v) is 3.55. The molecular weight excluding hydrogens is 469 g/mol. The highest BCUT2D eigenvalue weighted by molar-refractivity contribution is 6.20. The van der Waals surface area contributed by atoms with Crippen LogP contribution in [0, 0.1) is 6.92 Å². The van der Waals surface area contributed by atoms with Crippen LogP contribution in [-0.4, -0.2) is 45.5 Å². The van der Waals surface area contributed by atoms with Gasteiger partial charge in [0.2, 0.25) is 5.88 Å². The SMILES string of the molecule is COc1ccc(C(=O)C2=C(O)C(=O)N(c3ccc(C)nn3)C2c2ccc(OC(F)(F)F)cc2)cn1. The van der Waals surface area contributed by atoms with Crippen LogP contribution in [0.15, 0.2) is 66.1 Å². The second-order valence-electron chi connectivity index (χ2n) is 7.41. The van der Waals surface area contributed by atoms with Crippen molar-refractivity contribution in [3.8, 4) is 11.6 Å². The lowest BCUT2D eigenvalue weighted by Gasteiger charge is -2.25. The van der Waals surface area contributed by atoms with Crippen molar-refractivity contribution in [2.24, 2.45) is 0 Å². The number of anilines is 1. The van der Waals surface area contributed by atoms with Crippen LogP contribution in [0.25, 0.3) is 0 Å². The molecule has 0 aliphatic carbocycles. The number of ketones is 1. The van der Waals surface area contributed by atoms with E-state index in [4.69, 9.17) is 4.74 Å². The molecule has 3 aromatic rings. The van der Waals surface area contributed by atoms with E-state index in [2.05, 4.69) is 19.9 Å². The van der Waals surface area contributed by atoms with E-state index in [1.165, 1.54) is 43.6 Å². The number of benzene rings is 1. The highest BCUT2D eigenvalue weighted by Gasteiger charge is 2.45. The molecule has 0 radical (unpaired) electrons. The first-order valence-corrected chi connectivity index (χ1v) is 10.1. The van der Waals surface area contributed by atoms with Crippen molar-refractivity contribution in [1.29, 1.82) is 0 Å². The number of hydrogen-bond acceptors (Lipinski definition) is 8. The summed E-state index contributed by atoms with van der Waals surface area (Å²) in [5, 5.41) is 18.6. The molecule has 180 valence electrons. The van der Waals surface area contributed by atoms with Gasteiger partial charge in [-0.2, -0.15) is 5.10 Å². The number of aliphatic hydroxyl groups is 1. The maximum absolute atomic E-state index is 13.4. The Hall–Kier alpha value is -4.48. The van der Waals surface area contributed by atoms with E-state index in [1.807, 2.05) is 0 Å². The van der Waals surface area contributed by atoms with Gasteiger partial charge in [-0.15, -0.1) is 18.3 Å². The van der Waals surface area contributed by atoms with Gasteiger partial charge in [0.1, 0.15) is 5.75 Å². The van der Waals surface area contributed by atoms with Crippen LogP contribution in [0.5, 0.6) is 11.6 Å². The van der Waals surface area contributed by atoms with Crippen LogP contribution >= 0.6 is 0 Å². The number of ether oxygens (including phenoxy) is 2. The van der Waals surface area contributed by atoms with Crippen LogP contribution < -0.4 is 14.4 Å². The highest BCUT2D eigenvalue weighted by atomic mass is 19.4. The summed E-state index contributed by atoms with van der Waals surface area (Å²) in [7, 11) is 1.40. The van der Waals surface area contributed by atoms with E-state index < -0.39 is 35.6 Å². The lowest BCUT2D eigenvalue weighted by molar-refractivity contribution is -0.274. The molecule has 2 aromatic heterocycles. The lowest BCUT2D eigenvalue weighted by Crippen LogP contribution is -2.32. The average Bonchev–Trinajstić information content (AvgIpc) is 3.09. The number of aromatic nitrogens is 3. The second-order valence-corrected chi connectivity index (χ2v) is 7.41. The first-order chi connectivity index (χ1) is 16.6. The van der Waals surface area contributed by atoms with Crippen LogP contribution in [0.2, 0.25) is 0 Å². The number of aliphatic hydroxyl groups excluding tert-OH is 1. The van der Waals surface area contributed by atoms with Gasteiger partial charge in [-0.25, -0.2) is 4.98 Å². The summed E-state index contributed by atoms with van der Waals surface area (Å²) in [6, 6.07) is 9.28. The second kappa shape index (κ2) is 9.05. The average molecular weight is 486 g/mol. The number of aryl methyl sites for hydroxylation is 1. The van der Waals surface area contributed by atoms with Crippen molar-refractivity contribution >= 4 is 17.5 Å². The molecule has 0 spiro atoms. The molecule has 0 saturated heterocycles. The molecule has 4 rings (SSSR count). The van der Waals surface area contributed by atoms with Crippen LogP contribution in [0.1, 0.15) is 27.7 Å². The Balaban J connectivity index is 1.80. The number of amides is 1. The Kier molecular flexibility index (Phi) is 6.12. The van der Waals surface area contributed by atoms with Gasteiger partial charge in [0.15, 0.2) is 17.4 Å². The van der Waals surface area contributed by atoms with Gasteiger partial charge in [-0.3, -0.25) is 14.5 Å². The van der Waals surface area contributed by atoms with Crippen molar-refractivity contribution in [3.63, 3.8) is 0 Å². The number of Topliss-reactive ketones (excluding diaryl/α,β-unsaturated/α-hetero) is 1. The predicted molar refractivity (Wildman–Crippen MR) is 115 cm³/mol. The summed E-state index contributed by atoms with van der Waals surface area (Å²) in [6.45, 7) is 1.68. The first-order valence-electron chi connectivity index (χ1n) is 10.1. The van der Waals surface area contributed by atoms with Gasteiger partial charge < -0.3 is 14.6 Å². The van der Waals surface area contributed by atoms with Crippen molar-refractivity contribution in [2.45, 2.75) is 19.3 Å². The monoisotopic (exact) mass is 486 g/mol. The molecule has 12 heteroatoms. The van der Waals surface area contributed by atoms with E-state index in [-0.39, 0.29) is 28.4 Å². The number of methoxy groups -OCH3 is 1. The molecule has 1 aliphatic heterocycles. The van der Waals surface area contributed by atoms with Crippen molar-refractivity contribution < 1.29 is 37.3 Å². The number of carbonyl (C=O) groups excluding carboxylic acids is 2. The summed E-state index contributed by atoms with van der Waals surface area (Å²) < 4.78 is 46.6. The Morgan fingerprint density at radius 3 is 2.31 bits per heavy atom. The standard InChI is InChI=1S/C23H17F3N4O5/c1-12-3-9-16(29-28-12)30-19(13-4-7-15(8-5-13)35-23(24,25)26)18(21(32)22(30)33)20(31)14-6-10-17(34-2)27-11-14/h3-11,19,32H,1-2H3. The summed E-state index contributed by atoms with van der Waals surface area (Å²) in [6.07, 6.45) is -3.67. The molecule has 1 aliphatic rings. The largest absolute Gasteiger partial charge is 0.573 e. The Bertz CT molecular complexity index is 1290. The van der Waals surface area contributed by atoms with Crippen molar-refractivity contribution in [1.82, 2.24) is 15.2 Å². The summed E-state index contributed by atoms with van der Waals surface area (Å²) >= 11 is 0. The number of hydrogen-bond donors (Lipinski definition) is 1. The van der Waals surface area contributed by atoms with E-state index in [9.17, 15) is 27.9 Å². The number of carbonyl (C=O) groups is 2. The quantitative estimate of drug-likeness (QED) is 0.523. The summed E-state index contributed by atoms with van der Waals surface area (Å²) in [4.78, 5) is 31.5. The highest BCUT2D eigenvalue weighted by Crippen LogP contribution is 2.41. The van der Waals surface area contributed by atoms with E-state index in [0.29, 0.717) is 5.69 Å². The van der Waals surface area contributed by atoms with Crippen molar-refractivity contribution in [2.75, 3.05) is 12.0 Å². The number of alkyl halides is 3. The summed E-state index contributed by atoms with van der Waals surface area (Å²) in [5.41, 5.74) is 0.542. The molecule has 1 amide bonds. The maximum atomic E-state index is 13.4. The Morgan fingerprint density at radius 2 is 1.77 bits per heavy atom. The molecule has 1 atom stereocenters. The molecule has 1 unspecified atom stereocenters. The minimum Gasteiger partial charge on any atom is -0.503 e. The molecule has 1 N–H and O–H groups in total. The topological polar surface area (TPSA) is 115 Å². The molecule has 0 saturated carbocycles. The minimum atomic E-state index is -4.89. The van der Waals surface area contributed by atoms with E-state index in [1.54, 1.807) is 13.0 Å². The van der Waals surface area contributed by atoms with Gasteiger partial charge in [-0.05, 0) is 42.8 Å². The zero-order chi connectivity index (χ0) is 25.3. The lowest BCUT2D eigenvalue weighted by atomic mass is 9.93. The van der Waals surface area contributed by atoms with Gasteiger partial charge in [0.05, 0.1) is 24.4 Å². The van der Waals surface area contributed by atoms with Crippen LogP contribution in [0.4, 0.5) is 19.0 Å². The number of nitrogens with zero attached hydrogens (tertiary/aromatic N) is 4. The third kappa shape index (κ3) is 4.76. The first kappa shape index (κ1) is 23.7. The maximum Gasteiger partial charge on any atom is 0.573 e. The fraction of sp³-hybridized carbons (Fsp3) is 0.174. The third-order valence-electron chi connectivity index (χ3n) is 5.12. The molecule has 35 heavy (non-hydrogen) atoms. The van der Waals surface area contributed by atoms with Gasteiger partial charge in [0.25, 0.3) is 5.91 Å². The normalized spacial score (nSPS) is 16.0. The van der Waals surface area contributed by atoms with Crippen LogP contribution in [0.3, 0.4) is 0 Å². The van der Waals surface area contributed by atoms with Crippen LogP contribution in [-0.2, 0) is 4.79 Å². The molecule has 1 aromatic carbocycles. The molecule has 0 bridgehead atoms. The zero-order valence-electron chi connectivity index (χ0n) is 18.3. The van der Waals surface area contributed by atoms with Crippen molar-refractivity contribution in [3.05, 3.63) is 82.9 Å². The number of halogens is 3. The predicted octanol–water partition coefficient (Wildman–Crippen LogP) is 3.87. The zero-order valence-corrected chi connectivity index (χ0v) is 18.3. The fourth-order valence-electron chi connectivity index (χ4n) is 3.55. The Labute approximate surface area is 196 Å². The molecule has 9 nitrogen and oxygen atoms in total. The van der Waals surface area contributed by atoms with Gasteiger partial charge in [-0.1, -0.05) is 12.1 Å². The van der Waals surface area contributed by atoms with E-state index in [0.717, 1.165) is 17.0 Å². The summed E-state index contributed by atoms with van der Waals surface area (Å²) in [5.74, 6) is -2.68. The molecular formula is C23H17F3N4O5. The Morgan fingerprint density at radius 1 is 1.06 bits per heavy atom. The number of rotatable bonds is 6. The molecule has 0 fully saturated rings. The van der Waals surface area contributed by atoms with E-state index >= 15 is 0 Å². The van der Waals surface area contributed by atoms with Gasteiger partial charge >= 0.3 is 6.36 Å². The minimum absolute atomic E-state index is 0.0309. The smallest absolute Gasteiger partial charge is 0.503 e. The third-order valence-corrected chi connectivity index (χ3v) is 5.12. The number of pyridine rings is 1.